The van der Waals surface area contributed by atoms with Gasteiger partial charge in [0.1, 0.15) is 11.1 Å². The van der Waals surface area contributed by atoms with Crippen LogP contribution in [0.3, 0.4) is 0 Å². The van der Waals surface area contributed by atoms with Crippen LogP contribution < -0.4 is 0 Å². The predicted molar refractivity (Wildman–Crippen MR) is 48.2 cm³/mol. The fourth-order valence-corrected chi connectivity index (χ4v) is 1.39. The standard InChI is InChI=1S/C7H12N2O3S/c1-4-7(10)9-6(8-4)5(2)13(3,11)12/h5,10H,1-3H3,(H,8,9). The van der Waals surface area contributed by atoms with E-state index in [2.05, 4.69) is 9.97 Å². The number of sulfone groups is 1. The third kappa shape index (κ3) is 2.00. The van der Waals surface area contributed by atoms with E-state index in [4.69, 9.17) is 5.11 Å². The van der Waals surface area contributed by atoms with Crippen LogP contribution in [0.15, 0.2) is 0 Å². The molecule has 0 saturated carbocycles. The molecule has 0 aliphatic carbocycles. The van der Waals surface area contributed by atoms with Gasteiger partial charge in [-0.2, -0.15) is 4.98 Å². The second-order valence-corrected chi connectivity index (χ2v) is 5.41. The summed E-state index contributed by atoms with van der Waals surface area (Å²) in [7, 11) is -3.16. The molecule has 6 heteroatoms. The van der Waals surface area contributed by atoms with Crippen molar-refractivity contribution >= 4 is 9.84 Å². The summed E-state index contributed by atoms with van der Waals surface area (Å²) in [4.78, 5) is 6.41. The average molecular weight is 204 g/mol. The molecule has 0 saturated heterocycles. The topological polar surface area (TPSA) is 83.0 Å². The Kier molecular flexibility index (Phi) is 2.34. The summed E-state index contributed by atoms with van der Waals surface area (Å²) in [5.74, 6) is 0.128. The zero-order chi connectivity index (χ0) is 10.2. The molecule has 0 spiro atoms. The Balaban J connectivity index is 3.10. The molecule has 5 nitrogen and oxygen atoms in total. The van der Waals surface area contributed by atoms with Gasteiger partial charge >= 0.3 is 0 Å². The molecule has 0 amide bonds. The van der Waals surface area contributed by atoms with Crippen LogP contribution in [0.1, 0.15) is 23.7 Å². The number of H-pyrrole nitrogens is 1. The van der Waals surface area contributed by atoms with E-state index in [1.54, 1.807) is 6.92 Å². The zero-order valence-electron chi connectivity index (χ0n) is 7.70. The van der Waals surface area contributed by atoms with Gasteiger partial charge in [-0.1, -0.05) is 0 Å². The van der Waals surface area contributed by atoms with Crippen molar-refractivity contribution in [2.24, 2.45) is 0 Å². The summed E-state index contributed by atoms with van der Waals surface area (Å²) in [5, 5.41) is 8.40. The number of aromatic amines is 1. The molecule has 1 heterocycles. The van der Waals surface area contributed by atoms with Crippen molar-refractivity contribution in [1.29, 1.82) is 0 Å². The molecular formula is C7H12N2O3S. The molecule has 13 heavy (non-hydrogen) atoms. The van der Waals surface area contributed by atoms with Gasteiger partial charge in [0, 0.05) is 6.26 Å². The highest BCUT2D eigenvalue weighted by Crippen LogP contribution is 2.21. The van der Waals surface area contributed by atoms with Crippen molar-refractivity contribution in [2.45, 2.75) is 19.1 Å². The Morgan fingerprint density at radius 1 is 1.54 bits per heavy atom. The van der Waals surface area contributed by atoms with E-state index in [0.717, 1.165) is 6.26 Å². The van der Waals surface area contributed by atoms with Crippen molar-refractivity contribution in [1.82, 2.24) is 9.97 Å². The normalized spacial score (nSPS) is 14.4. The quantitative estimate of drug-likeness (QED) is 0.736. The molecule has 1 atom stereocenters. The lowest BCUT2D eigenvalue weighted by atomic mass is 10.4. The molecule has 74 valence electrons. The molecule has 1 aromatic rings. The second kappa shape index (κ2) is 3.02. The van der Waals surface area contributed by atoms with Crippen LogP contribution in [0.5, 0.6) is 5.88 Å². The first kappa shape index (κ1) is 10.0. The van der Waals surface area contributed by atoms with E-state index in [1.807, 2.05) is 0 Å². The van der Waals surface area contributed by atoms with Crippen LogP contribution in [0.2, 0.25) is 0 Å². The minimum absolute atomic E-state index is 0.148. The van der Waals surface area contributed by atoms with E-state index < -0.39 is 15.1 Å². The fourth-order valence-electron chi connectivity index (χ4n) is 0.869. The fraction of sp³-hybridized carbons (Fsp3) is 0.571. The maximum Gasteiger partial charge on any atom is 0.232 e. The maximum atomic E-state index is 11.1. The van der Waals surface area contributed by atoms with Crippen molar-refractivity contribution in [3.8, 4) is 5.88 Å². The van der Waals surface area contributed by atoms with E-state index in [0.29, 0.717) is 5.69 Å². The van der Waals surface area contributed by atoms with E-state index >= 15 is 0 Å². The minimum Gasteiger partial charge on any atom is -0.492 e. The van der Waals surface area contributed by atoms with Gasteiger partial charge in [-0.3, -0.25) is 0 Å². The van der Waals surface area contributed by atoms with Gasteiger partial charge in [0.05, 0.1) is 5.69 Å². The lowest BCUT2D eigenvalue weighted by molar-refractivity contribution is 0.451. The molecule has 1 aromatic heterocycles. The number of aromatic hydroxyl groups is 1. The Bertz CT molecular complexity index is 388. The van der Waals surface area contributed by atoms with Crippen molar-refractivity contribution in [2.75, 3.05) is 6.26 Å². The number of hydrogen-bond donors (Lipinski definition) is 2. The Morgan fingerprint density at radius 3 is 2.38 bits per heavy atom. The molecule has 0 aliphatic rings. The van der Waals surface area contributed by atoms with Gasteiger partial charge in [-0.15, -0.1) is 0 Å². The minimum atomic E-state index is -3.16. The van der Waals surface area contributed by atoms with E-state index in [-0.39, 0.29) is 11.7 Å². The molecule has 0 aliphatic heterocycles. The summed E-state index contributed by atoms with van der Waals surface area (Å²) < 4.78 is 22.2. The van der Waals surface area contributed by atoms with Crippen LogP contribution in [0.4, 0.5) is 0 Å². The number of hydrogen-bond acceptors (Lipinski definition) is 4. The first-order valence-electron chi connectivity index (χ1n) is 3.76. The first-order chi connectivity index (χ1) is 5.82. The van der Waals surface area contributed by atoms with Crippen LogP contribution in [0, 0.1) is 6.92 Å². The Morgan fingerprint density at radius 2 is 2.08 bits per heavy atom. The third-order valence-electron chi connectivity index (χ3n) is 1.90. The van der Waals surface area contributed by atoms with Crippen molar-refractivity contribution < 1.29 is 13.5 Å². The monoisotopic (exact) mass is 204 g/mol. The molecule has 0 fully saturated rings. The molecule has 0 aromatic carbocycles. The van der Waals surface area contributed by atoms with Crippen LogP contribution in [-0.4, -0.2) is 29.7 Å². The van der Waals surface area contributed by atoms with Crippen LogP contribution >= 0.6 is 0 Å². The molecule has 1 rings (SSSR count). The lowest BCUT2D eigenvalue weighted by Crippen LogP contribution is -2.09. The highest BCUT2D eigenvalue weighted by molar-refractivity contribution is 7.90. The van der Waals surface area contributed by atoms with Gasteiger partial charge in [0.25, 0.3) is 0 Å². The summed E-state index contributed by atoms with van der Waals surface area (Å²) >= 11 is 0. The summed E-state index contributed by atoms with van der Waals surface area (Å²) in [6.45, 7) is 3.15. The summed E-state index contributed by atoms with van der Waals surface area (Å²) in [6, 6.07) is 0. The lowest BCUT2D eigenvalue weighted by Gasteiger charge is -2.04. The van der Waals surface area contributed by atoms with Gasteiger partial charge in [0.15, 0.2) is 9.84 Å². The number of nitrogens with one attached hydrogen (secondary N) is 1. The summed E-state index contributed by atoms with van der Waals surface area (Å²) in [5.41, 5.74) is 0.477. The Labute approximate surface area is 76.7 Å². The predicted octanol–water partition coefficient (Wildman–Crippen LogP) is 0.529. The Hall–Kier alpha value is -1.04. The number of rotatable bonds is 2. The van der Waals surface area contributed by atoms with E-state index in [1.165, 1.54) is 6.92 Å². The van der Waals surface area contributed by atoms with Gasteiger partial charge in [-0.25, -0.2) is 8.42 Å². The van der Waals surface area contributed by atoms with Crippen molar-refractivity contribution in [3.63, 3.8) is 0 Å². The summed E-state index contributed by atoms with van der Waals surface area (Å²) in [6.07, 6.45) is 1.13. The third-order valence-corrected chi connectivity index (χ3v) is 3.41. The number of aryl methyl sites for hydroxylation is 1. The van der Waals surface area contributed by atoms with Crippen LogP contribution in [-0.2, 0) is 9.84 Å². The van der Waals surface area contributed by atoms with Crippen LogP contribution in [0.25, 0.3) is 0 Å². The molecule has 1 unspecified atom stereocenters. The molecule has 0 radical (unpaired) electrons. The first-order valence-corrected chi connectivity index (χ1v) is 5.72. The maximum absolute atomic E-state index is 11.1. The SMILES string of the molecule is Cc1[nH]c(C(C)S(C)(=O)=O)nc1O. The largest absolute Gasteiger partial charge is 0.492 e. The highest BCUT2D eigenvalue weighted by Gasteiger charge is 2.21. The van der Waals surface area contributed by atoms with Gasteiger partial charge in [0.2, 0.25) is 5.88 Å². The molecule has 2 N–H and O–H groups in total. The smallest absolute Gasteiger partial charge is 0.232 e. The number of aromatic nitrogens is 2. The van der Waals surface area contributed by atoms with Gasteiger partial charge in [-0.05, 0) is 13.8 Å². The number of nitrogens with zero attached hydrogens (tertiary/aromatic N) is 1. The van der Waals surface area contributed by atoms with E-state index in [9.17, 15) is 8.42 Å². The zero-order valence-corrected chi connectivity index (χ0v) is 8.51. The molecular weight excluding hydrogens is 192 g/mol. The molecule has 0 bridgehead atoms. The second-order valence-electron chi connectivity index (χ2n) is 3.04. The van der Waals surface area contributed by atoms with Crippen molar-refractivity contribution in [3.05, 3.63) is 11.5 Å². The highest BCUT2D eigenvalue weighted by atomic mass is 32.2. The number of imidazole rings is 1. The van der Waals surface area contributed by atoms with Gasteiger partial charge < -0.3 is 10.1 Å². The average Bonchev–Trinajstić information content (AvgIpc) is 2.29.